The van der Waals surface area contributed by atoms with E-state index >= 15 is 0 Å². The van der Waals surface area contributed by atoms with Gasteiger partial charge in [-0.25, -0.2) is 9.37 Å². The summed E-state index contributed by atoms with van der Waals surface area (Å²) < 4.78 is 20.9. The number of aliphatic hydroxyl groups is 1. The first-order valence-electron chi connectivity index (χ1n) is 7.88. The van der Waals surface area contributed by atoms with Gasteiger partial charge in [0.15, 0.2) is 11.6 Å². The third kappa shape index (κ3) is 3.89. The summed E-state index contributed by atoms with van der Waals surface area (Å²) in [7, 11) is 2.00. The molecule has 1 aromatic carbocycles. The molecule has 2 unspecified atom stereocenters. The van der Waals surface area contributed by atoms with Gasteiger partial charge in [0.05, 0.1) is 0 Å². The highest BCUT2D eigenvalue weighted by Crippen LogP contribution is 2.25. The Labute approximate surface area is 135 Å². The Morgan fingerprint density at radius 2 is 2.26 bits per heavy atom. The zero-order valence-corrected chi connectivity index (χ0v) is 13.2. The van der Waals surface area contributed by atoms with Crippen LogP contribution in [0.4, 0.5) is 4.39 Å². The number of para-hydroxylation sites is 1. The maximum atomic E-state index is 13.5. The molecule has 1 N–H and O–H groups in total. The van der Waals surface area contributed by atoms with Crippen molar-refractivity contribution in [2.75, 3.05) is 26.2 Å². The molecule has 0 bridgehead atoms. The molecule has 23 heavy (non-hydrogen) atoms. The fraction of sp³-hybridized carbons (Fsp3) is 0.471. The van der Waals surface area contributed by atoms with E-state index in [0.717, 1.165) is 25.3 Å². The molecule has 3 rings (SSSR count). The summed E-state index contributed by atoms with van der Waals surface area (Å²) in [5.41, 5.74) is 0. The van der Waals surface area contributed by atoms with E-state index < -0.39 is 11.9 Å². The molecule has 5 nitrogen and oxygen atoms in total. The predicted octanol–water partition coefficient (Wildman–Crippen LogP) is 1.79. The number of aryl methyl sites for hydroxylation is 1. The van der Waals surface area contributed by atoms with E-state index in [4.69, 9.17) is 4.74 Å². The van der Waals surface area contributed by atoms with Crippen LogP contribution in [0.25, 0.3) is 0 Å². The lowest BCUT2D eigenvalue weighted by Crippen LogP contribution is -2.34. The third-order valence-electron chi connectivity index (χ3n) is 4.23. The smallest absolute Gasteiger partial charge is 0.165 e. The number of aromatic nitrogens is 2. The highest BCUT2D eigenvalue weighted by atomic mass is 19.1. The summed E-state index contributed by atoms with van der Waals surface area (Å²) in [6.45, 7) is 2.41. The number of imidazole rings is 1. The number of halogens is 1. The number of likely N-dealkylation sites (tertiary alicyclic amines) is 1. The lowest BCUT2D eigenvalue weighted by molar-refractivity contribution is 0.0738. The number of hydrogen-bond acceptors (Lipinski definition) is 4. The minimum absolute atomic E-state index is 0.0878. The molecule has 1 saturated heterocycles. The molecule has 1 aliphatic rings. The van der Waals surface area contributed by atoms with Crippen molar-refractivity contribution in [2.24, 2.45) is 7.05 Å². The SMILES string of the molecule is Cn1ccnc1C1CCN(CC(O)COc2ccccc2F)C1. The van der Waals surface area contributed by atoms with Crippen LogP contribution in [0.5, 0.6) is 5.75 Å². The third-order valence-corrected chi connectivity index (χ3v) is 4.23. The van der Waals surface area contributed by atoms with Gasteiger partial charge in [0, 0.05) is 38.4 Å². The average molecular weight is 319 g/mol. The minimum Gasteiger partial charge on any atom is -0.488 e. The van der Waals surface area contributed by atoms with E-state index in [2.05, 4.69) is 9.88 Å². The van der Waals surface area contributed by atoms with E-state index in [9.17, 15) is 9.50 Å². The molecule has 0 saturated carbocycles. The molecule has 1 aliphatic heterocycles. The molecule has 1 fully saturated rings. The first kappa shape index (κ1) is 16.0. The monoisotopic (exact) mass is 319 g/mol. The maximum absolute atomic E-state index is 13.5. The van der Waals surface area contributed by atoms with E-state index in [0.29, 0.717) is 12.5 Å². The number of benzene rings is 1. The average Bonchev–Trinajstić information content (AvgIpc) is 3.15. The number of hydrogen-bond donors (Lipinski definition) is 1. The minimum atomic E-state index is -0.644. The molecular formula is C17H22FN3O2. The van der Waals surface area contributed by atoms with Crippen molar-refractivity contribution in [3.63, 3.8) is 0 Å². The number of nitrogens with zero attached hydrogens (tertiary/aromatic N) is 3. The van der Waals surface area contributed by atoms with E-state index in [1.165, 1.54) is 6.07 Å². The number of rotatable bonds is 6. The van der Waals surface area contributed by atoms with Crippen molar-refractivity contribution >= 4 is 0 Å². The standard InChI is InChI=1S/C17H22FN3O2/c1-20-9-7-19-17(20)13-6-8-21(10-13)11-14(22)12-23-16-5-3-2-4-15(16)18/h2-5,7,9,13-14,22H,6,8,10-12H2,1H3. The fourth-order valence-corrected chi connectivity index (χ4v) is 3.08. The van der Waals surface area contributed by atoms with Gasteiger partial charge in [-0.3, -0.25) is 4.90 Å². The van der Waals surface area contributed by atoms with Crippen molar-refractivity contribution in [1.29, 1.82) is 0 Å². The second-order valence-corrected chi connectivity index (χ2v) is 6.04. The summed E-state index contributed by atoms with van der Waals surface area (Å²) in [6.07, 6.45) is 4.16. The van der Waals surface area contributed by atoms with Gasteiger partial charge in [0.25, 0.3) is 0 Å². The van der Waals surface area contributed by atoms with Crippen LogP contribution in [0.15, 0.2) is 36.7 Å². The van der Waals surface area contributed by atoms with E-state index in [1.807, 2.05) is 24.0 Å². The first-order valence-corrected chi connectivity index (χ1v) is 7.88. The van der Waals surface area contributed by atoms with Crippen LogP contribution >= 0.6 is 0 Å². The predicted molar refractivity (Wildman–Crippen MR) is 84.9 cm³/mol. The highest BCUT2D eigenvalue weighted by Gasteiger charge is 2.27. The summed E-state index contributed by atoms with van der Waals surface area (Å²) in [5.74, 6) is 1.26. The van der Waals surface area contributed by atoms with Crippen LogP contribution in [0.3, 0.4) is 0 Å². The van der Waals surface area contributed by atoms with Gasteiger partial charge in [0.1, 0.15) is 18.5 Å². The largest absolute Gasteiger partial charge is 0.488 e. The molecule has 0 radical (unpaired) electrons. The van der Waals surface area contributed by atoms with Crippen molar-refractivity contribution < 1.29 is 14.2 Å². The summed E-state index contributed by atoms with van der Waals surface area (Å²) >= 11 is 0. The molecule has 0 aliphatic carbocycles. The quantitative estimate of drug-likeness (QED) is 0.882. The molecule has 0 spiro atoms. The van der Waals surface area contributed by atoms with Gasteiger partial charge in [-0.2, -0.15) is 0 Å². The lowest BCUT2D eigenvalue weighted by atomic mass is 10.1. The van der Waals surface area contributed by atoms with Crippen LogP contribution in [-0.4, -0.2) is 51.9 Å². The summed E-state index contributed by atoms with van der Waals surface area (Å²) in [6, 6.07) is 6.23. The Kier molecular flexibility index (Phi) is 4.93. The molecule has 2 heterocycles. The van der Waals surface area contributed by atoms with Gasteiger partial charge in [-0.05, 0) is 25.1 Å². The van der Waals surface area contributed by atoms with Crippen LogP contribution in [0.1, 0.15) is 18.2 Å². The molecule has 0 amide bonds. The normalized spacial score (nSPS) is 19.9. The Morgan fingerprint density at radius 1 is 1.43 bits per heavy atom. The van der Waals surface area contributed by atoms with Crippen LogP contribution in [0.2, 0.25) is 0 Å². The van der Waals surface area contributed by atoms with Crippen LogP contribution in [0, 0.1) is 5.82 Å². The zero-order valence-electron chi connectivity index (χ0n) is 13.2. The van der Waals surface area contributed by atoms with Crippen molar-refractivity contribution in [3.05, 3.63) is 48.3 Å². The van der Waals surface area contributed by atoms with E-state index in [-0.39, 0.29) is 12.4 Å². The molecule has 2 atom stereocenters. The van der Waals surface area contributed by atoms with Gasteiger partial charge in [-0.15, -0.1) is 0 Å². The van der Waals surface area contributed by atoms with Crippen molar-refractivity contribution in [2.45, 2.75) is 18.4 Å². The van der Waals surface area contributed by atoms with Gasteiger partial charge in [0.2, 0.25) is 0 Å². The molecule has 2 aromatic rings. The van der Waals surface area contributed by atoms with E-state index in [1.54, 1.807) is 18.2 Å². The second-order valence-electron chi connectivity index (χ2n) is 6.04. The topological polar surface area (TPSA) is 50.5 Å². The molecule has 6 heteroatoms. The second kappa shape index (κ2) is 7.10. The molecule has 124 valence electrons. The van der Waals surface area contributed by atoms with Gasteiger partial charge >= 0.3 is 0 Å². The van der Waals surface area contributed by atoms with Crippen LogP contribution < -0.4 is 4.74 Å². The van der Waals surface area contributed by atoms with Crippen LogP contribution in [-0.2, 0) is 7.05 Å². The van der Waals surface area contributed by atoms with Gasteiger partial charge < -0.3 is 14.4 Å². The Bertz CT molecular complexity index is 646. The lowest BCUT2D eigenvalue weighted by Gasteiger charge is -2.20. The van der Waals surface area contributed by atoms with Crippen molar-refractivity contribution in [3.8, 4) is 5.75 Å². The summed E-state index contributed by atoms with van der Waals surface area (Å²) in [4.78, 5) is 6.61. The molecular weight excluding hydrogens is 297 g/mol. The highest BCUT2D eigenvalue weighted by molar-refractivity contribution is 5.23. The number of aliphatic hydroxyl groups excluding tert-OH is 1. The first-order chi connectivity index (χ1) is 11.1. The number of β-amino-alcohol motifs (C(OH)–C–C–N with tert-alkyl or cyclic N) is 1. The zero-order chi connectivity index (χ0) is 16.2. The Hall–Kier alpha value is -1.92. The van der Waals surface area contributed by atoms with Gasteiger partial charge in [-0.1, -0.05) is 12.1 Å². The van der Waals surface area contributed by atoms with Crippen molar-refractivity contribution in [1.82, 2.24) is 14.5 Å². The Morgan fingerprint density at radius 3 is 3.00 bits per heavy atom. The number of ether oxygens (including phenoxy) is 1. The Balaban J connectivity index is 1.47. The fourth-order valence-electron chi connectivity index (χ4n) is 3.08. The molecule has 1 aromatic heterocycles. The summed E-state index contributed by atoms with van der Waals surface area (Å²) in [5, 5.41) is 10.1. The maximum Gasteiger partial charge on any atom is 0.165 e.